The molecule has 0 radical (unpaired) electrons. The Morgan fingerprint density at radius 3 is 2.91 bits per heavy atom. The molecule has 0 spiro atoms. The van der Waals surface area contributed by atoms with Crippen molar-refractivity contribution in [1.82, 2.24) is 0 Å². The number of rotatable bonds is 2. The van der Waals surface area contributed by atoms with Crippen LogP contribution in [0.3, 0.4) is 0 Å². The van der Waals surface area contributed by atoms with Crippen molar-refractivity contribution in [2.24, 2.45) is 5.41 Å². The average molecular weight is 219 g/mol. The number of Topliss-reactive ketones (excluding diaryl/α,β-unsaturated/α-hetero) is 1. The molecule has 0 heterocycles. The standard InChI is InChI=1S/C9H15BrO/c1-9(5-6-10)4-2-3-8(11)7-9/h2-7H2,1H3. The van der Waals surface area contributed by atoms with Crippen molar-refractivity contribution < 1.29 is 4.79 Å². The number of carbonyl (C=O) groups is 1. The zero-order valence-electron chi connectivity index (χ0n) is 7.03. The monoisotopic (exact) mass is 218 g/mol. The number of halogens is 1. The van der Waals surface area contributed by atoms with E-state index < -0.39 is 0 Å². The molecule has 0 aromatic heterocycles. The lowest BCUT2D eigenvalue weighted by Crippen LogP contribution is -2.26. The van der Waals surface area contributed by atoms with Gasteiger partial charge in [0.2, 0.25) is 0 Å². The summed E-state index contributed by atoms with van der Waals surface area (Å²) < 4.78 is 0. The molecule has 1 aliphatic carbocycles. The molecule has 1 rings (SSSR count). The van der Waals surface area contributed by atoms with Crippen LogP contribution >= 0.6 is 15.9 Å². The van der Waals surface area contributed by atoms with Crippen molar-refractivity contribution in [1.29, 1.82) is 0 Å². The van der Waals surface area contributed by atoms with Crippen molar-refractivity contribution in [3.8, 4) is 0 Å². The highest BCUT2D eigenvalue weighted by molar-refractivity contribution is 9.09. The predicted octanol–water partition coefficient (Wildman–Crippen LogP) is 2.92. The van der Waals surface area contributed by atoms with Gasteiger partial charge in [-0.1, -0.05) is 22.9 Å². The Bertz CT molecular complexity index is 152. The van der Waals surface area contributed by atoms with Crippen molar-refractivity contribution in [2.75, 3.05) is 5.33 Å². The van der Waals surface area contributed by atoms with Crippen LogP contribution in [0.25, 0.3) is 0 Å². The highest BCUT2D eigenvalue weighted by atomic mass is 79.9. The Morgan fingerprint density at radius 1 is 1.64 bits per heavy atom. The highest BCUT2D eigenvalue weighted by Gasteiger charge is 2.29. The first-order chi connectivity index (χ1) is 5.16. The van der Waals surface area contributed by atoms with E-state index in [0.29, 0.717) is 11.2 Å². The van der Waals surface area contributed by atoms with Crippen LogP contribution in [0, 0.1) is 5.41 Å². The smallest absolute Gasteiger partial charge is 0.133 e. The molecule has 1 unspecified atom stereocenters. The molecule has 1 saturated carbocycles. The molecular formula is C9H15BrO. The molecule has 1 fully saturated rings. The van der Waals surface area contributed by atoms with Crippen LogP contribution in [0.15, 0.2) is 0 Å². The lowest BCUT2D eigenvalue weighted by molar-refractivity contribution is -0.123. The number of ketones is 1. The van der Waals surface area contributed by atoms with Gasteiger partial charge in [-0.15, -0.1) is 0 Å². The van der Waals surface area contributed by atoms with E-state index in [1.54, 1.807) is 0 Å². The third kappa shape index (κ3) is 2.58. The number of hydrogen-bond donors (Lipinski definition) is 0. The van der Waals surface area contributed by atoms with Crippen LogP contribution in [0.5, 0.6) is 0 Å². The summed E-state index contributed by atoms with van der Waals surface area (Å²) in [6.45, 7) is 2.23. The minimum Gasteiger partial charge on any atom is -0.300 e. The summed E-state index contributed by atoms with van der Waals surface area (Å²) in [6.07, 6.45) is 5.09. The quantitative estimate of drug-likeness (QED) is 0.652. The van der Waals surface area contributed by atoms with Gasteiger partial charge >= 0.3 is 0 Å². The Kier molecular flexibility index (Phi) is 3.11. The Hall–Kier alpha value is 0.150. The molecular weight excluding hydrogens is 204 g/mol. The van der Waals surface area contributed by atoms with Gasteiger partial charge in [0.1, 0.15) is 5.78 Å². The molecule has 1 aliphatic rings. The molecule has 0 bridgehead atoms. The maximum atomic E-state index is 11.1. The average Bonchev–Trinajstić information content (AvgIpc) is 1.86. The van der Waals surface area contributed by atoms with Crippen molar-refractivity contribution in [3.63, 3.8) is 0 Å². The molecule has 64 valence electrons. The normalized spacial score (nSPS) is 32.4. The van der Waals surface area contributed by atoms with Gasteiger partial charge < -0.3 is 0 Å². The summed E-state index contributed by atoms with van der Waals surface area (Å²) in [5, 5.41) is 1.02. The summed E-state index contributed by atoms with van der Waals surface area (Å²) in [4.78, 5) is 11.1. The first-order valence-electron chi connectivity index (χ1n) is 4.24. The van der Waals surface area contributed by atoms with E-state index in [1.165, 1.54) is 6.42 Å². The molecule has 1 nitrogen and oxygen atoms in total. The molecule has 11 heavy (non-hydrogen) atoms. The Balaban J connectivity index is 2.48. The van der Waals surface area contributed by atoms with Crippen LogP contribution < -0.4 is 0 Å². The summed E-state index contributed by atoms with van der Waals surface area (Å²) in [5.74, 6) is 0.458. The zero-order chi connectivity index (χ0) is 8.32. The predicted molar refractivity (Wildman–Crippen MR) is 50.0 cm³/mol. The minimum atomic E-state index is 0.304. The van der Waals surface area contributed by atoms with Gasteiger partial charge in [-0.3, -0.25) is 4.79 Å². The van der Waals surface area contributed by atoms with E-state index in [9.17, 15) is 4.79 Å². The number of carbonyl (C=O) groups excluding carboxylic acids is 1. The summed E-state index contributed by atoms with van der Waals surface area (Å²) in [7, 11) is 0. The first kappa shape index (κ1) is 9.24. The van der Waals surface area contributed by atoms with Crippen molar-refractivity contribution >= 4 is 21.7 Å². The van der Waals surface area contributed by atoms with Crippen LogP contribution in [0.4, 0.5) is 0 Å². The molecule has 0 saturated heterocycles. The lowest BCUT2D eigenvalue weighted by Gasteiger charge is -2.31. The molecule has 0 N–H and O–H groups in total. The third-order valence-corrected chi connectivity index (χ3v) is 2.95. The van der Waals surface area contributed by atoms with Gasteiger partial charge in [0.05, 0.1) is 0 Å². The highest BCUT2D eigenvalue weighted by Crippen LogP contribution is 2.37. The van der Waals surface area contributed by atoms with E-state index in [-0.39, 0.29) is 0 Å². The first-order valence-corrected chi connectivity index (χ1v) is 5.36. The fourth-order valence-corrected chi connectivity index (χ4v) is 2.76. The zero-order valence-corrected chi connectivity index (χ0v) is 8.61. The molecule has 2 heteroatoms. The van der Waals surface area contributed by atoms with E-state index >= 15 is 0 Å². The van der Waals surface area contributed by atoms with E-state index in [0.717, 1.165) is 31.0 Å². The molecule has 0 aromatic rings. The van der Waals surface area contributed by atoms with Gasteiger partial charge in [0.15, 0.2) is 0 Å². The maximum absolute atomic E-state index is 11.1. The number of alkyl halides is 1. The lowest BCUT2D eigenvalue weighted by atomic mass is 9.73. The molecule has 1 atom stereocenters. The fourth-order valence-electron chi connectivity index (χ4n) is 1.81. The topological polar surface area (TPSA) is 17.1 Å². The molecule has 0 aromatic carbocycles. The van der Waals surface area contributed by atoms with E-state index in [2.05, 4.69) is 22.9 Å². The maximum Gasteiger partial charge on any atom is 0.133 e. The van der Waals surface area contributed by atoms with Crippen LogP contribution in [-0.4, -0.2) is 11.1 Å². The SMILES string of the molecule is CC1(CCBr)CCCC(=O)C1. The van der Waals surface area contributed by atoms with Gasteiger partial charge in [0, 0.05) is 18.2 Å². The van der Waals surface area contributed by atoms with Gasteiger partial charge in [-0.05, 0) is 24.7 Å². The summed E-state index contributed by atoms with van der Waals surface area (Å²) in [6, 6.07) is 0. The van der Waals surface area contributed by atoms with Gasteiger partial charge in [0.25, 0.3) is 0 Å². The number of hydrogen-bond acceptors (Lipinski definition) is 1. The van der Waals surface area contributed by atoms with Gasteiger partial charge in [-0.25, -0.2) is 0 Å². The van der Waals surface area contributed by atoms with Crippen LogP contribution in [0.2, 0.25) is 0 Å². The summed E-state index contributed by atoms with van der Waals surface area (Å²) in [5.41, 5.74) is 0.304. The summed E-state index contributed by atoms with van der Waals surface area (Å²) >= 11 is 3.43. The molecule has 0 amide bonds. The minimum absolute atomic E-state index is 0.304. The third-order valence-electron chi connectivity index (χ3n) is 2.56. The van der Waals surface area contributed by atoms with Gasteiger partial charge in [-0.2, -0.15) is 0 Å². The van der Waals surface area contributed by atoms with Crippen LogP contribution in [0.1, 0.15) is 39.0 Å². The second-order valence-electron chi connectivity index (χ2n) is 3.82. The second-order valence-corrected chi connectivity index (χ2v) is 4.61. The second kappa shape index (κ2) is 3.70. The fraction of sp³-hybridized carbons (Fsp3) is 0.889. The molecule has 0 aliphatic heterocycles. The van der Waals surface area contributed by atoms with Crippen LogP contribution in [-0.2, 0) is 4.79 Å². The largest absolute Gasteiger partial charge is 0.300 e. The van der Waals surface area contributed by atoms with Crippen molar-refractivity contribution in [3.05, 3.63) is 0 Å². The van der Waals surface area contributed by atoms with E-state index in [4.69, 9.17) is 0 Å². The van der Waals surface area contributed by atoms with E-state index in [1.807, 2.05) is 0 Å². The Labute approximate surface area is 76.7 Å². The van der Waals surface area contributed by atoms with Crippen molar-refractivity contribution in [2.45, 2.75) is 39.0 Å². The Morgan fingerprint density at radius 2 is 2.36 bits per heavy atom.